The Balaban J connectivity index is 3.89. The molecule has 0 bridgehead atoms. The van der Waals surface area contributed by atoms with E-state index in [0.29, 0.717) is 5.92 Å². The molecule has 1 atom stereocenters. The van der Waals surface area contributed by atoms with Crippen molar-refractivity contribution in [3.63, 3.8) is 0 Å². The maximum Gasteiger partial charge on any atom is -0.0177 e. The van der Waals surface area contributed by atoms with E-state index in [1.807, 2.05) is 0 Å². The molecule has 0 nitrogen and oxygen atoms in total. The molecule has 0 fully saturated rings. The van der Waals surface area contributed by atoms with Crippen LogP contribution in [0.4, 0.5) is 0 Å². The molecular weight excluding hydrogens is 132 g/mol. The lowest BCUT2D eigenvalue weighted by Crippen LogP contribution is -1.97. The van der Waals surface area contributed by atoms with Crippen molar-refractivity contribution in [3.05, 3.63) is 23.8 Å². The van der Waals surface area contributed by atoms with E-state index in [2.05, 4.69) is 40.3 Å². The largest absolute Gasteiger partial charge is 0.0998 e. The van der Waals surface area contributed by atoms with Crippen LogP contribution in [-0.2, 0) is 0 Å². The normalized spacial score (nSPS) is 12.4. The average molecular weight is 152 g/mol. The standard InChI is InChI=1S/C11H20/c1-6-11(10(4)5)8-7-9(2)3/h7,11H,4,6,8H2,1-3,5H3. The molecule has 0 heteroatoms. The Kier molecular flexibility index (Phi) is 4.93. The molecule has 0 radical (unpaired) electrons. The molecule has 0 saturated heterocycles. The highest BCUT2D eigenvalue weighted by Gasteiger charge is 2.03. The van der Waals surface area contributed by atoms with Gasteiger partial charge in [-0.05, 0) is 39.5 Å². The molecule has 0 amide bonds. The number of allylic oxidation sites excluding steroid dienone is 3. The quantitative estimate of drug-likeness (QED) is 0.535. The fourth-order valence-corrected chi connectivity index (χ4v) is 1.09. The molecule has 1 unspecified atom stereocenters. The van der Waals surface area contributed by atoms with Gasteiger partial charge < -0.3 is 0 Å². The van der Waals surface area contributed by atoms with Crippen LogP contribution in [0.3, 0.4) is 0 Å². The third kappa shape index (κ3) is 4.83. The molecule has 0 spiro atoms. The Bertz CT molecular complexity index is 147. The first-order valence-electron chi connectivity index (χ1n) is 4.36. The van der Waals surface area contributed by atoms with Gasteiger partial charge in [0.05, 0.1) is 0 Å². The van der Waals surface area contributed by atoms with Gasteiger partial charge in [-0.3, -0.25) is 0 Å². The smallest absolute Gasteiger partial charge is 0.0177 e. The molecule has 11 heavy (non-hydrogen) atoms. The molecular formula is C11H20. The lowest BCUT2D eigenvalue weighted by molar-refractivity contribution is 0.601. The van der Waals surface area contributed by atoms with Crippen LogP contribution < -0.4 is 0 Å². The lowest BCUT2D eigenvalue weighted by atomic mass is 9.94. The molecule has 0 rings (SSSR count). The predicted molar refractivity (Wildman–Crippen MR) is 52.6 cm³/mol. The third-order valence-electron chi connectivity index (χ3n) is 2.00. The van der Waals surface area contributed by atoms with Crippen molar-refractivity contribution >= 4 is 0 Å². The second-order valence-electron chi connectivity index (χ2n) is 3.47. The van der Waals surface area contributed by atoms with E-state index in [9.17, 15) is 0 Å². The van der Waals surface area contributed by atoms with Crippen molar-refractivity contribution in [2.24, 2.45) is 5.92 Å². The highest BCUT2D eigenvalue weighted by Crippen LogP contribution is 2.17. The molecule has 0 aliphatic heterocycles. The van der Waals surface area contributed by atoms with Crippen molar-refractivity contribution in [2.45, 2.75) is 40.5 Å². The van der Waals surface area contributed by atoms with Gasteiger partial charge in [-0.1, -0.05) is 30.7 Å². The zero-order chi connectivity index (χ0) is 8.85. The van der Waals surface area contributed by atoms with Crippen LogP contribution in [0.2, 0.25) is 0 Å². The van der Waals surface area contributed by atoms with E-state index in [1.54, 1.807) is 0 Å². The van der Waals surface area contributed by atoms with Crippen LogP contribution in [0.25, 0.3) is 0 Å². The Hall–Kier alpha value is -0.520. The summed E-state index contributed by atoms with van der Waals surface area (Å²) in [5.74, 6) is 0.685. The van der Waals surface area contributed by atoms with E-state index in [1.165, 1.54) is 17.6 Å². The minimum absolute atomic E-state index is 0.685. The fourth-order valence-electron chi connectivity index (χ4n) is 1.09. The molecule has 0 saturated carbocycles. The molecule has 0 aromatic heterocycles. The molecule has 0 aliphatic rings. The summed E-state index contributed by atoms with van der Waals surface area (Å²) in [6.45, 7) is 12.6. The lowest BCUT2D eigenvalue weighted by Gasteiger charge is -2.11. The van der Waals surface area contributed by atoms with Gasteiger partial charge >= 0.3 is 0 Å². The first-order valence-corrected chi connectivity index (χ1v) is 4.36. The van der Waals surface area contributed by atoms with Gasteiger partial charge in [-0.2, -0.15) is 0 Å². The van der Waals surface area contributed by atoms with Crippen molar-refractivity contribution in [1.29, 1.82) is 0 Å². The Labute approximate surface area is 71.0 Å². The summed E-state index contributed by atoms with van der Waals surface area (Å²) in [5, 5.41) is 0. The van der Waals surface area contributed by atoms with E-state index < -0.39 is 0 Å². The van der Waals surface area contributed by atoms with Crippen molar-refractivity contribution in [3.8, 4) is 0 Å². The van der Waals surface area contributed by atoms with Gasteiger partial charge in [0.15, 0.2) is 0 Å². The minimum atomic E-state index is 0.685. The second kappa shape index (κ2) is 5.17. The average Bonchev–Trinajstić information content (AvgIpc) is 1.87. The van der Waals surface area contributed by atoms with E-state index in [-0.39, 0.29) is 0 Å². The SMILES string of the molecule is C=C(C)C(CC)CC=C(C)C. The topological polar surface area (TPSA) is 0 Å². The summed E-state index contributed by atoms with van der Waals surface area (Å²) < 4.78 is 0. The molecule has 0 aromatic carbocycles. The van der Waals surface area contributed by atoms with Crippen LogP contribution in [-0.4, -0.2) is 0 Å². The minimum Gasteiger partial charge on any atom is -0.0998 e. The van der Waals surface area contributed by atoms with Gasteiger partial charge in [-0.15, -0.1) is 0 Å². The van der Waals surface area contributed by atoms with Gasteiger partial charge in [0.1, 0.15) is 0 Å². The highest BCUT2D eigenvalue weighted by molar-refractivity contribution is 5.02. The van der Waals surface area contributed by atoms with Gasteiger partial charge in [-0.25, -0.2) is 0 Å². The Morgan fingerprint density at radius 1 is 1.36 bits per heavy atom. The van der Waals surface area contributed by atoms with Gasteiger partial charge in [0.25, 0.3) is 0 Å². The number of rotatable bonds is 4. The van der Waals surface area contributed by atoms with Crippen LogP contribution in [0.5, 0.6) is 0 Å². The zero-order valence-corrected chi connectivity index (χ0v) is 8.28. The van der Waals surface area contributed by atoms with E-state index in [4.69, 9.17) is 0 Å². The van der Waals surface area contributed by atoms with Gasteiger partial charge in [0, 0.05) is 0 Å². The number of hydrogen-bond acceptors (Lipinski definition) is 0. The molecule has 64 valence electrons. The maximum absolute atomic E-state index is 3.97. The van der Waals surface area contributed by atoms with Crippen LogP contribution in [0, 0.1) is 5.92 Å². The van der Waals surface area contributed by atoms with Crippen molar-refractivity contribution < 1.29 is 0 Å². The summed E-state index contributed by atoms with van der Waals surface area (Å²) in [4.78, 5) is 0. The molecule has 0 aromatic rings. The highest BCUT2D eigenvalue weighted by atomic mass is 14.1. The molecule has 0 aliphatic carbocycles. The molecule has 0 N–H and O–H groups in total. The summed E-state index contributed by atoms with van der Waals surface area (Å²) >= 11 is 0. The maximum atomic E-state index is 3.97. The first-order chi connectivity index (χ1) is 5.07. The van der Waals surface area contributed by atoms with Crippen LogP contribution >= 0.6 is 0 Å². The van der Waals surface area contributed by atoms with Crippen molar-refractivity contribution in [1.82, 2.24) is 0 Å². The fraction of sp³-hybridized carbons (Fsp3) is 0.636. The summed E-state index contributed by atoms with van der Waals surface area (Å²) in [6.07, 6.45) is 4.66. The van der Waals surface area contributed by atoms with Crippen LogP contribution in [0.1, 0.15) is 40.5 Å². The van der Waals surface area contributed by atoms with Crippen LogP contribution in [0.15, 0.2) is 23.8 Å². The summed E-state index contributed by atoms with van der Waals surface area (Å²) in [5.41, 5.74) is 2.72. The van der Waals surface area contributed by atoms with Crippen molar-refractivity contribution in [2.75, 3.05) is 0 Å². The molecule has 0 heterocycles. The summed E-state index contributed by atoms with van der Waals surface area (Å²) in [7, 11) is 0. The first kappa shape index (κ1) is 10.5. The van der Waals surface area contributed by atoms with E-state index in [0.717, 1.165) is 6.42 Å². The monoisotopic (exact) mass is 152 g/mol. The number of hydrogen-bond donors (Lipinski definition) is 0. The third-order valence-corrected chi connectivity index (χ3v) is 2.00. The zero-order valence-electron chi connectivity index (χ0n) is 8.28. The second-order valence-corrected chi connectivity index (χ2v) is 3.47. The van der Waals surface area contributed by atoms with E-state index >= 15 is 0 Å². The Morgan fingerprint density at radius 2 is 1.91 bits per heavy atom. The van der Waals surface area contributed by atoms with Gasteiger partial charge in [0.2, 0.25) is 0 Å². The summed E-state index contributed by atoms with van der Waals surface area (Å²) in [6, 6.07) is 0. The Morgan fingerprint density at radius 3 is 2.18 bits per heavy atom. The predicted octanol–water partition coefficient (Wildman–Crippen LogP) is 3.95.